The molecule has 0 aliphatic carbocycles. The van der Waals surface area contributed by atoms with Crippen molar-refractivity contribution in [2.45, 2.75) is 24.7 Å². The number of aryl methyl sites for hydroxylation is 3. The maximum Gasteiger partial charge on any atom is 0.278 e. The Hall–Kier alpha value is -2.71. The van der Waals surface area contributed by atoms with Crippen LogP contribution in [0.15, 0.2) is 46.1 Å². The fourth-order valence-corrected chi connectivity index (χ4v) is 4.15. The smallest absolute Gasteiger partial charge is 0.278 e. The molecule has 0 saturated heterocycles. The summed E-state index contributed by atoms with van der Waals surface area (Å²) in [7, 11) is -1.88. The summed E-state index contributed by atoms with van der Waals surface area (Å²) in [4.78, 5) is 12.8. The fourth-order valence-electron chi connectivity index (χ4n) is 3.27. The van der Waals surface area contributed by atoms with Gasteiger partial charge in [0, 0.05) is 23.9 Å². The summed E-state index contributed by atoms with van der Waals surface area (Å²) in [5, 5.41) is 14.6. The highest BCUT2D eigenvalue weighted by molar-refractivity contribution is 7.90. The average Bonchev–Trinajstić information content (AvgIpc) is 2.68. The molecular weight excluding hydrogens is 431 g/mol. The Morgan fingerprint density at radius 2 is 1.73 bits per heavy atom. The largest absolute Gasteiger partial charge is 0.505 e. The lowest BCUT2D eigenvalue weighted by atomic mass is 9.94. The second kappa shape index (κ2) is 8.20. The Kier molecular flexibility index (Phi) is 6.01. The number of halogens is 2. The zero-order valence-electron chi connectivity index (χ0n) is 16.6. The molecule has 1 N–H and O–H groups in total. The van der Waals surface area contributed by atoms with Crippen LogP contribution in [0.1, 0.15) is 16.8 Å². The molecule has 0 saturated carbocycles. The third-order valence-electron chi connectivity index (χ3n) is 4.86. The molecule has 0 fully saturated rings. The van der Waals surface area contributed by atoms with Crippen molar-refractivity contribution in [3.63, 3.8) is 0 Å². The van der Waals surface area contributed by atoms with Crippen molar-refractivity contribution >= 4 is 21.4 Å². The number of benzene rings is 2. The van der Waals surface area contributed by atoms with Gasteiger partial charge in [-0.05, 0) is 55.2 Å². The first-order valence-corrected chi connectivity index (χ1v) is 11.3. The number of hydrogen-bond acceptors (Lipinski definition) is 5. The van der Waals surface area contributed by atoms with Gasteiger partial charge in [0.1, 0.15) is 11.5 Å². The molecule has 1 heterocycles. The van der Waals surface area contributed by atoms with Crippen molar-refractivity contribution in [3.05, 3.63) is 74.4 Å². The first-order valence-electron chi connectivity index (χ1n) is 9.03. The molecule has 0 bridgehead atoms. The molecule has 9 heteroatoms. The van der Waals surface area contributed by atoms with E-state index in [-0.39, 0.29) is 33.2 Å². The second-order valence-corrected chi connectivity index (χ2v) is 9.46. The van der Waals surface area contributed by atoms with Gasteiger partial charge in [0.2, 0.25) is 0 Å². The zero-order valence-corrected chi connectivity index (χ0v) is 18.2. The third kappa shape index (κ3) is 4.24. The number of aromatic nitrogens is 2. The summed E-state index contributed by atoms with van der Waals surface area (Å²) in [5.41, 5.74) is 0.497. The predicted molar refractivity (Wildman–Crippen MR) is 113 cm³/mol. The number of nitrogens with zero attached hydrogens (tertiary/aromatic N) is 2. The van der Waals surface area contributed by atoms with Gasteiger partial charge in [-0.15, -0.1) is 0 Å². The van der Waals surface area contributed by atoms with Crippen LogP contribution >= 0.6 is 11.6 Å². The maximum atomic E-state index is 14.8. The monoisotopic (exact) mass is 450 g/mol. The summed E-state index contributed by atoms with van der Waals surface area (Å²) < 4.78 is 39.1. The van der Waals surface area contributed by atoms with Crippen LogP contribution in [0.25, 0.3) is 11.1 Å². The number of sulfone groups is 1. The van der Waals surface area contributed by atoms with E-state index in [0.717, 1.165) is 22.6 Å². The first kappa shape index (κ1) is 22.0. The molecule has 3 rings (SSSR count). The lowest BCUT2D eigenvalue weighted by Crippen LogP contribution is -2.23. The van der Waals surface area contributed by atoms with Crippen molar-refractivity contribution in [2.24, 2.45) is 7.05 Å². The summed E-state index contributed by atoms with van der Waals surface area (Å²) >= 11 is 6.33. The van der Waals surface area contributed by atoms with E-state index in [1.54, 1.807) is 12.1 Å². The Morgan fingerprint density at radius 3 is 2.33 bits per heavy atom. The molecular formula is C21H20ClFN2O4S. The average molecular weight is 451 g/mol. The van der Waals surface area contributed by atoms with Gasteiger partial charge in [0.15, 0.2) is 15.6 Å². The van der Waals surface area contributed by atoms with Crippen LogP contribution in [-0.4, -0.2) is 29.6 Å². The summed E-state index contributed by atoms with van der Waals surface area (Å²) in [6, 6.07) is 8.92. The van der Waals surface area contributed by atoms with E-state index < -0.39 is 27.0 Å². The second-order valence-electron chi connectivity index (χ2n) is 7.04. The van der Waals surface area contributed by atoms with Crippen LogP contribution in [0, 0.1) is 12.7 Å². The van der Waals surface area contributed by atoms with Crippen LogP contribution in [-0.2, 0) is 29.7 Å². The minimum Gasteiger partial charge on any atom is -0.505 e. The van der Waals surface area contributed by atoms with Gasteiger partial charge in [0.05, 0.1) is 10.5 Å². The highest BCUT2D eigenvalue weighted by Crippen LogP contribution is 2.36. The number of aromatic hydroxyl groups is 1. The molecule has 2 aromatic carbocycles. The van der Waals surface area contributed by atoms with Crippen LogP contribution in [0.2, 0.25) is 5.02 Å². The Morgan fingerprint density at radius 1 is 1.10 bits per heavy atom. The van der Waals surface area contributed by atoms with Crippen molar-refractivity contribution in [2.75, 3.05) is 6.26 Å². The van der Waals surface area contributed by atoms with Gasteiger partial charge in [-0.2, -0.15) is 5.10 Å². The van der Waals surface area contributed by atoms with Crippen LogP contribution in [0.4, 0.5) is 4.39 Å². The van der Waals surface area contributed by atoms with E-state index in [2.05, 4.69) is 5.10 Å². The van der Waals surface area contributed by atoms with E-state index in [4.69, 9.17) is 11.6 Å². The van der Waals surface area contributed by atoms with Gasteiger partial charge < -0.3 is 5.11 Å². The topological polar surface area (TPSA) is 89.3 Å². The lowest BCUT2D eigenvalue weighted by molar-refractivity contribution is 0.460. The molecule has 0 atom stereocenters. The van der Waals surface area contributed by atoms with Crippen LogP contribution in [0.5, 0.6) is 5.75 Å². The predicted octanol–water partition coefficient (Wildman–Crippen LogP) is 3.44. The van der Waals surface area contributed by atoms with Crippen LogP contribution in [0.3, 0.4) is 0 Å². The molecule has 0 radical (unpaired) electrons. The van der Waals surface area contributed by atoms with Gasteiger partial charge >= 0.3 is 0 Å². The first-order chi connectivity index (χ1) is 14.0. The molecule has 0 amide bonds. The fraction of sp³-hybridized carbons (Fsp3) is 0.238. The van der Waals surface area contributed by atoms with Crippen molar-refractivity contribution in [1.29, 1.82) is 0 Å². The van der Waals surface area contributed by atoms with E-state index >= 15 is 0 Å². The molecule has 6 nitrogen and oxygen atoms in total. The molecule has 3 aromatic rings. The molecule has 1 aromatic heterocycles. The van der Waals surface area contributed by atoms with E-state index in [9.17, 15) is 22.7 Å². The van der Waals surface area contributed by atoms with Gasteiger partial charge in [-0.25, -0.2) is 17.5 Å². The Bertz CT molecular complexity index is 1290. The Labute approximate surface area is 178 Å². The minimum atomic E-state index is -3.30. The molecule has 0 aliphatic rings. The van der Waals surface area contributed by atoms with Crippen molar-refractivity contribution < 1.29 is 17.9 Å². The summed E-state index contributed by atoms with van der Waals surface area (Å²) in [5.74, 6) is -1.07. The van der Waals surface area contributed by atoms with E-state index in [0.29, 0.717) is 12.0 Å². The van der Waals surface area contributed by atoms with E-state index in [1.165, 1.54) is 32.2 Å². The summed E-state index contributed by atoms with van der Waals surface area (Å²) in [6.07, 6.45) is 1.82. The molecule has 30 heavy (non-hydrogen) atoms. The standard InChI is InChI=1S/C21H20ClFN2O4S/c1-12-20(26)19(21(27)25(2)24-12)18-15(16(22)10-11-17(18)23)9-6-13-4-7-14(8-5-13)30(3,28)29/h4-5,7-8,10-11,26H,6,9H2,1-3H3. The number of hydrogen-bond donors (Lipinski definition) is 1. The maximum absolute atomic E-state index is 14.8. The van der Waals surface area contributed by atoms with Gasteiger partial charge in [0.25, 0.3) is 5.56 Å². The summed E-state index contributed by atoms with van der Waals surface area (Å²) in [6.45, 7) is 1.52. The van der Waals surface area contributed by atoms with Crippen molar-refractivity contribution in [3.8, 4) is 16.9 Å². The number of rotatable bonds is 5. The molecule has 158 valence electrons. The lowest BCUT2D eigenvalue weighted by Gasteiger charge is -2.15. The highest BCUT2D eigenvalue weighted by atomic mass is 35.5. The zero-order chi connectivity index (χ0) is 22.2. The van der Waals surface area contributed by atoms with Gasteiger partial charge in [-0.3, -0.25) is 4.79 Å². The molecule has 0 spiro atoms. The molecule has 0 unspecified atom stereocenters. The SMILES string of the molecule is Cc1nn(C)c(=O)c(-c2c(F)ccc(Cl)c2CCc2ccc(S(C)(=O)=O)cc2)c1O. The third-order valence-corrected chi connectivity index (χ3v) is 6.34. The molecule has 0 aliphatic heterocycles. The van der Waals surface area contributed by atoms with Crippen molar-refractivity contribution in [1.82, 2.24) is 9.78 Å². The quantitative estimate of drug-likeness (QED) is 0.643. The van der Waals surface area contributed by atoms with E-state index in [1.807, 2.05) is 0 Å². The van der Waals surface area contributed by atoms with Gasteiger partial charge in [-0.1, -0.05) is 23.7 Å². The highest BCUT2D eigenvalue weighted by Gasteiger charge is 2.23. The van der Waals surface area contributed by atoms with Crippen LogP contribution < -0.4 is 5.56 Å². The normalized spacial score (nSPS) is 11.6. The minimum absolute atomic E-state index is 0.0566. The Balaban J connectivity index is 2.06.